The Kier molecular flexibility index (Phi) is 5.02. The molecule has 0 aliphatic heterocycles. The Morgan fingerprint density at radius 3 is 2.28 bits per heavy atom. The van der Waals surface area contributed by atoms with Gasteiger partial charge in [-0.05, 0) is 42.0 Å². The first-order valence-corrected chi connectivity index (χ1v) is 10.3. The molecule has 0 atom stereocenters. The van der Waals surface area contributed by atoms with Crippen LogP contribution in [-0.2, 0) is 6.54 Å². The summed E-state index contributed by atoms with van der Waals surface area (Å²) in [5.74, 6) is 0.0152. The first-order valence-electron chi connectivity index (χ1n) is 9.94. The number of nitrogens with zero attached hydrogens (tertiary/aromatic N) is 4. The summed E-state index contributed by atoms with van der Waals surface area (Å²) in [4.78, 5) is 22.5. The molecule has 32 heavy (non-hydrogen) atoms. The number of para-hydroxylation sites is 2. The van der Waals surface area contributed by atoms with Crippen molar-refractivity contribution in [2.45, 2.75) is 6.54 Å². The molecule has 0 fully saturated rings. The van der Waals surface area contributed by atoms with E-state index in [9.17, 15) is 10.1 Å². The van der Waals surface area contributed by atoms with E-state index in [0.29, 0.717) is 45.1 Å². The third-order valence-corrected chi connectivity index (χ3v) is 5.44. The minimum Gasteiger partial charge on any atom is -0.307 e. The fraction of sp³-hybridized carbons (Fsp3) is 0.0400. The predicted molar refractivity (Wildman–Crippen MR) is 125 cm³/mol. The van der Waals surface area contributed by atoms with E-state index in [1.807, 2.05) is 59.2 Å². The highest BCUT2D eigenvalue weighted by Gasteiger charge is 2.23. The number of nitrogens with one attached hydrogen (secondary N) is 1. The van der Waals surface area contributed by atoms with Gasteiger partial charge in [-0.3, -0.25) is 4.79 Å². The van der Waals surface area contributed by atoms with Crippen LogP contribution in [0.1, 0.15) is 21.5 Å². The number of carbonyl (C=O) groups is 1. The minimum atomic E-state index is -0.347. The molecular formula is C25H16ClN5O. The Labute approximate surface area is 188 Å². The van der Waals surface area contributed by atoms with Crippen LogP contribution >= 0.6 is 11.6 Å². The van der Waals surface area contributed by atoms with E-state index in [0.717, 1.165) is 5.56 Å². The second kappa shape index (κ2) is 8.14. The Bertz CT molecular complexity index is 1500. The lowest BCUT2D eigenvalue weighted by atomic mass is 10.2. The van der Waals surface area contributed by atoms with Gasteiger partial charge in [0.05, 0.1) is 17.6 Å². The lowest BCUT2D eigenvalue weighted by Crippen LogP contribution is -2.16. The lowest BCUT2D eigenvalue weighted by molar-refractivity contribution is 0.102. The van der Waals surface area contributed by atoms with Crippen LogP contribution in [0.3, 0.4) is 0 Å². The molecule has 0 spiro atoms. The number of halogens is 1. The molecule has 0 saturated carbocycles. The van der Waals surface area contributed by atoms with Gasteiger partial charge >= 0.3 is 0 Å². The number of carbonyl (C=O) groups excluding carboxylic acids is 1. The highest BCUT2D eigenvalue weighted by atomic mass is 35.5. The molecule has 0 aliphatic rings. The van der Waals surface area contributed by atoms with E-state index in [2.05, 4.69) is 16.4 Å². The van der Waals surface area contributed by atoms with Crippen molar-refractivity contribution in [3.8, 4) is 6.07 Å². The quantitative estimate of drug-likeness (QED) is 0.407. The van der Waals surface area contributed by atoms with E-state index in [1.54, 1.807) is 24.3 Å². The number of fused-ring (bicyclic) bond motifs is 2. The molecule has 0 radical (unpaired) electrons. The van der Waals surface area contributed by atoms with E-state index in [4.69, 9.17) is 16.6 Å². The Balaban J connectivity index is 1.70. The van der Waals surface area contributed by atoms with Crippen molar-refractivity contribution in [3.05, 3.63) is 101 Å². The standard InChI is InChI=1S/C25H16ClN5O/c26-18-12-10-17(11-13-18)25(32)30-23-19(14-27)22-24(29-21-9-5-4-8-20(21)28-22)31(23)15-16-6-2-1-3-7-16/h1-13H,15H2,(H,30,32). The van der Waals surface area contributed by atoms with Crippen LogP contribution in [0.4, 0.5) is 5.82 Å². The molecule has 2 heterocycles. The van der Waals surface area contributed by atoms with Gasteiger partial charge in [-0.1, -0.05) is 54.1 Å². The van der Waals surface area contributed by atoms with Crippen molar-refractivity contribution in [1.29, 1.82) is 5.26 Å². The van der Waals surface area contributed by atoms with Crippen LogP contribution in [0.15, 0.2) is 78.9 Å². The van der Waals surface area contributed by atoms with Crippen molar-refractivity contribution in [2.24, 2.45) is 0 Å². The first-order chi connectivity index (χ1) is 15.6. The Hall–Kier alpha value is -4.21. The maximum Gasteiger partial charge on any atom is 0.256 e. The Morgan fingerprint density at radius 2 is 1.59 bits per heavy atom. The number of hydrogen-bond acceptors (Lipinski definition) is 4. The van der Waals surface area contributed by atoms with Gasteiger partial charge in [0, 0.05) is 10.6 Å². The van der Waals surface area contributed by atoms with Gasteiger partial charge in [-0.25, -0.2) is 9.97 Å². The molecule has 0 aliphatic carbocycles. The topological polar surface area (TPSA) is 83.6 Å². The minimum absolute atomic E-state index is 0.275. The molecule has 154 valence electrons. The third-order valence-electron chi connectivity index (χ3n) is 5.18. The predicted octanol–water partition coefficient (Wildman–Crippen LogP) is 5.41. The SMILES string of the molecule is N#Cc1c(NC(=O)c2ccc(Cl)cc2)n(Cc2ccccc2)c2nc3ccccc3nc12. The molecule has 0 saturated heterocycles. The first kappa shape index (κ1) is 19.7. The Morgan fingerprint density at radius 1 is 0.938 bits per heavy atom. The van der Waals surface area contributed by atoms with Crippen molar-refractivity contribution >= 4 is 45.5 Å². The van der Waals surface area contributed by atoms with Crippen LogP contribution in [-0.4, -0.2) is 20.4 Å². The van der Waals surface area contributed by atoms with E-state index in [1.165, 1.54) is 0 Å². The molecule has 2 aromatic heterocycles. The molecule has 0 bridgehead atoms. The number of aromatic nitrogens is 3. The number of rotatable bonds is 4. The summed E-state index contributed by atoms with van der Waals surface area (Å²) in [5.41, 5.74) is 4.10. The summed E-state index contributed by atoms with van der Waals surface area (Å²) in [6.45, 7) is 0.419. The zero-order valence-corrected chi connectivity index (χ0v) is 17.5. The van der Waals surface area contributed by atoms with Gasteiger partial charge < -0.3 is 9.88 Å². The molecule has 5 aromatic rings. The van der Waals surface area contributed by atoms with E-state index < -0.39 is 0 Å². The van der Waals surface area contributed by atoms with Crippen LogP contribution < -0.4 is 5.32 Å². The second-order valence-corrected chi connectivity index (χ2v) is 7.69. The van der Waals surface area contributed by atoms with Gasteiger partial charge in [-0.15, -0.1) is 0 Å². The number of nitriles is 1. The van der Waals surface area contributed by atoms with Crippen LogP contribution in [0.2, 0.25) is 5.02 Å². The third kappa shape index (κ3) is 3.55. The normalized spacial score (nSPS) is 10.9. The second-order valence-electron chi connectivity index (χ2n) is 7.25. The summed E-state index contributed by atoms with van der Waals surface area (Å²) in [7, 11) is 0. The van der Waals surface area contributed by atoms with Crippen molar-refractivity contribution in [3.63, 3.8) is 0 Å². The molecule has 1 N–H and O–H groups in total. The average molecular weight is 438 g/mol. The van der Waals surface area contributed by atoms with Gasteiger partial charge in [0.2, 0.25) is 0 Å². The molecule has 1 amide bonds. The molecular weight excluding hydrogens is 422 g/mol. The lowest BCUT2D eigenvalue weighted by Gasteiger charge is -2.12. The summed E-state index contributed by atoms with van der Waals surface area (Å²) in [6, 6.07) is 26.1. The molecule has 0 unspecified atom stereocenters. The van der Waals surface area contributed by atoms with Gasteiger partial charge in [0.15, 0.2) is 5.65 Å². The fourth-order valence-electron chi connectivity index (χ4n) is 3.64. The summed E-state index contributed by atoms with van der Waals surface area (Å²) in [5, 5.41) is 13.4. The van der Waals surface area contributed by atoms with Crippen LogP contribution in [0.5, 0.6) is 0 Å². The highest BCUT2D eigenvalue weighted by molar-refractivity contribution is 6.30. The zero-order valence-electron chi connectivity index (χ0n) is 16.8. The largest absolute Gasteiger partial charge is 0.307 e. The van der Waals surface area contributed by atoms with Crippen LogP contribution in [0, 0.1) is 11.3 Å². The van der Waals surface area contributed by atoms with Crippen molar-refractivity contribution < 1.29 is 4.79 Å². The zero-order chi connectivity index (χ0) is 22.1. The number of amides is 1. The average Bonchev–Trinajstić information content (AvgIpc) is 3.09. The monoisotopic (exact) mass is 437 g/mol. The van der Waals surface area contributed by atoms with Gasteiger partial charge in [-0.2, -0.15) is 5.26 Å². The van der Waals surface area contributed by atoms with Crippen molar-refractivity contribution in [2.75, 3.05) is 5.32 Å². The smallest absolute Gasteiger partial charge is 0.256 e. The maximum absolute atomic E-state index is 13.0. The molecule has 3 aromatic carbocycles. The summed E-state index contributed by atoms with van der Waals surface area (Å²) < 4.78 is 1.83. The maximum atomic E-state index is 13.0. The number of anilines is 1. The molecule has 6 nitrogen and oxygen atoms in total. The fourth-order valence-corrected chi connectivity index (χ4v) is 3.76. The number of benzene rings is 3. The molecule has 7 heteroatoms. The van der Waals surface area contributed by atoms with E-state index in [-0.39, 0.29) is 11.5 Å². The summed E-state index contributed by atoms with van der Waals surface area (Å²) in [6.07, 6.45) is 0. The van der Waals surface area contributed by atoms with Gasteiger partial charge in [0.25, 0.3) is 5.91 Å². The molecule has 5 rings (SSSR count). The number of hydrogen-bond donors (Lipinski definition) is 1. The van der Waals surface area contributed by atoms with Crippen LogP contribution in [0.25, 0.3) is 22.2 Å². The summed E-state index contributed by atoms with van der Waals surface area (Å²) >= 11 is 5.95. The highest BCUT2D eigenvalue weighted by Crippen LogP contribution is 2.30. The van der Waals surface area contributed by atoms with Gasteiger partial charge in [0.1, 0.15) is 23.0 Å². The van der Waals surface area contributed by atoms with E-state index >= 15 is 0 Å². The van der Waals surface area contributed by atoms with Crippen molar-refractivity contribution in [1.82, 2.24) is 14.5 Å².